The second-order valence-corrected chi connectivity index (χ2v) is 7.44. The molecule has 2 aromatic carbocycles. The van der Waals surface area contributed by atoms with Gasteiger partial charge in [-0.3, -0.25) is 9.69 Å². The number of rotatable bonds is 6. The number of methoxy groups -OCH3 is 1. The summed E-state index contributed by atoms with van der Waals surface area (Å²) in [6, 6.07) is 17.7. The number of ether oxygens (including phenoxy) is 1. The zero-order valence-electron chi connectivity index (χ0n) is 17.4. The van der Waals surface area contributed by atoms with Crippen molar-refractivity contribution in [2.24, 2.45) is 0 Å². The van der Waals surface area contributed by atoms with Crippen molar-refractivity contribution in [1.29, 1.82) is 0 Å². The average molecular weight is 385 g/mol. The Morgan fingerprint density at radius 2 is 1.82 bits per heavy atom. The molecule has 1 aliphatic heterocycles. The number of benzene rings is 2. The molecule has 3 atom stereocenters. The van der Waals surface area contributed by atoms with Gasteiger partial charge in [0.15, 0.2) is 0 Å². The monoisotopic (exact) mass is 384 g/mol. The Morgan fingerprint density at radius 3 is 2.32 bits per heavy atom. The lowest BCUT2D eigenvalue weighted by Crippen LogP contribution is -2.60. The minimum Gasteiger partial charge on any atom is -0.496 e. The van der Waals surface area contributed by atoms with Gasteiger partial charge in [0.05, 0.1) is 13.7 Å². The first-order valence-corrected chi connectivity index (χ1v) is 9.70. The van der Waals surface area contributed by atoms with Gasteiger partial charge in [-0.15, -0.1) is 0 Å². The molecule has 0 radical (unpaired) electrons. The van der Waals surface area contributed by atoms with Crippen molar-refractivity contribution in [1.82, 2.24) is 10.2 Å². The number of amides is 1. The topological polar surface area (TPSA) is 61.8 Å². The highest BCUT2D eigenvalue weighted by molar-refractivity contribution is 5.70. The fourth-order valence-electron chi connectivity index (χ4n) is 3.68. The van der Waals surface area contributed by atoms with Gasteiger partial charge in [-0.25, -0.2) is 0 Å². The van der Waals surface area contributed by atoms with Crippen LogP contribution < -0.4 is 10.1 Å². The lowest BCUT2D eigenvalue weighted by atomic mass is 9.76. The van der Waals surface area contributed by atoms with E-state index < -0.39 is 0 Å². The van der Waals surface area contributed by atoms with E-state index in [1.807, 2.05) is 32.0 Å². The molecular weight excluding hydrogens is 352 g/mol. The van der Waals surface area contributed by atoms with Crippen molar-refractivity contribution >= 4 is 6.41 Å². The number of aliphatic hydroxyl groups excluding tert-OH is 1. The van der Waals surface area contributed by atoms with Crippen LogP contribution >= 0.6 is 0 Å². The molecule has 5 nitrogen and oxygen atoms in total. The van der Waals surface area contributed by atoms with Crippen LogP contribution in [-0.2, 0) is 4.79 Å². The van der Waals surface area contributed by atoms with Crippen molar-refractivity contribution < 1.29 is 14.6 Å². The van der Waals surface area contributed by atoms with Crippen LogP contribution in [0, 0.1) is 0 Å². The van der Waals surface area contributed by atoms with Gasteiger partial charge in [-0.1, -0.05) is 42.5 Å². The number of nitrogens with zero attached hydrogens (tertiary/aromatic N) is 1. The maximum atomic E-state index is 9.55. The Kier molecular flexibility index (Phi) is 8.03. The number of likely N-dealkylation sites (tertiary alicyclic amines) is 1. The fourth-order valence-corrected chi connectivity index (χ4v) is 3.68. The molecule has 0 spiro atoms. The second kappa shape index (κ2) is 10.2. The van der Waals surface area contributed by atoms with Gasteiger partial charge >= 0.3 is 0 Å². The Bertz CT molecular complexity index is 746. The third kappa shape index (κ3) is 4.91. The summed E-state index contributed by atoms with van der Waals surface area (Å²) >= 11 is 0. The maximum Gasteiger partial charge on any atom is 0.207 e. The second-order valence-electron chi connectivity index (χ2n) is 7.44. The summed E-state index contributed by atoms with van der Waals surface area (Å²) < 4.78 is 5.44. The molecule has 0 aromatic heterocycles. The van der Waals surface area contributed by atoms with Gasteiger partial charge in [0.2, 0.25) is 6.41 Å². The fraction of sp³-hybridized carbons (Fsp3) is 0.435. The van der Waals surface area contributed by atoms with Crippen LogP contribution in [0.5, 0.6) is 5.75 Å². The van der Waals surface area contributed by atoms with Crippen molar-refractivity contribution in [3.8, 4) is 16.9 Å². The zero-order valence-corrected chi connectivity index (χ0v) is 17.4. The Balaban J connectivity index is 0.000000409. The molecule has 5 heteroatoms. The third-order valence-corrected chi connectivity index (χ3v) is 5.40. The van der Waals surface area contributed by atoms with E-state index in [4.69, 9.17) is 4.74 Å². The van der Waals surface area contributed by atoms with Gasteiger partial charge in [-0.2, -0.15) is 0 Å². The third-order valence-electron chi connectivity index (χ3n) is 5.40. The molecule has 1 aliphatic rings. The molecule has 2 N–H and O–H groups in total. The van der Waals surface area contributed by atoms with Crippen LogP contribution in [0.4, 0.5) is 0 Å². The molecule has 0 bridgehead atoms. The van der Waals surface area contributed by atoms with Crippen LogP contribution in [0.3, 0.4) is 0 Å². The number of carbonyl (C=O) groups excluding carboxylic acids is 1. The molecular formula is C23H32N2O3. The van der Waals surface area contributed by atoms with Gasteiger partial charge in [-0.05, 0) is 45.0 Å². The predicted octanol–water partition coefficient (Wildman–Crippen LogP) is 3.28. The summed E-state index contributed by atoms with van der Waals surface area (Å²) in [5.41, 5.74) is 3.56. The number of hydrogen-bond acceptors (Lipinski definition) is 4. The normalized spacial score (nSPS) is 21.3. The van der Waals surface area contributed by atoms with Gasteiger partial charge in [0.1, 0.15) is 5.75 Å². The largest absolute Gasteiger partial charge is 0.496 e. The van der Waals surface area contributed by atoms with Crippen LogP contribution in [0.25, 0.3) is 11.1 Å². The van der Waals surface area contributed by atoms with Crippen molar-refractivity contribution in [2.45, 2.75) is 44.8 Å². The lowest BCUT2D eigenvalue weighted by Gasteiger charge is -2.52. The first-order chi connectivity index (χ1) is 13.4. The van der Waals surface area contributed by atoms with Gasteiger partial charge in [0.25, 0.3) is 0 Å². The lowest BCUT2D eigenvalue weighted by molar-refractivity contribution is -0.109. The van der Waals surface area contributed by atoms with Gasteiger partial charge in [0, 0.05) is 29.6 Å². The minimum absolute atomic E-state index is 0.208. The van der Waals surface area contributed by atoms with Crippen molar-refractivity contribution in [3.63, 3.8) is 0 Å². The molecule has 1 fully saturated rings. The first-order valence-electron chi connectivity index (χ1n) is 9.70. The van der Waals surface area contributed by atoms with E-state index in [2.05, 4.69) is 54.5 Å². The molecule has 3 unspecified atom stereocenters. The summed E-state index contributed by atoms with van der Waals surface area (Å²) in [5.74, 6) is 1.29. The van der Waals surface area contributed by atoms with E-state index in [-0.39, 0.29) is 18.7 Å². The molecule has 28 heavy (non-hydrogen) atoms. The minimum atomic E-state index is 0.208. The average Bonchev–Trinajstić information content (AvgIpc) is 2.71. The summed E-state index contributed by atoms with van der Waals surface area (Å²) in [6.45, 7) is 6.24. The van der Waals surface area contributed by atoms with Crippen molar-refractivity contribution in [3.05, 3.63) is 54.1 Å². The maximum absolute atomic E-state index is 9.55. The molecule has 1 saturated heterocycles. The molecule has 0 aliphatic carbocycles. The SMILES string of the molecule is CC(C)NC=O.COc1ccccc1-c1ccc(C2C(C)N(C)C2CO)cc1. The summed E-state index contributed by atoms with van der Waals surface area (Å²) in [6.07, 6.45) is 0.699. The van der Waals surface area contributed by atoms with E-state index in [1.165, 1.54) is 5.56 Å². The number of hydrogen-bond donors (Lipinski definition) is 2. The quantitative estimate of drug-likeness (QED) is 0.751. The highest BCUT2D eigenvalue weighted by Gasteiger charge is 2.43. The molecule has 3 rings (SSSR count). The van der Waals surface area contributed by atoms with Crippen LogP contribution in [0.1, 0.15) is 32.3 Å². The number of likely N-dealkylation sites (N-methyl/N-ethyl adjacent to an activating group) is 1. The molecule has 1 amide bonds. The predicted molar refractivity (Wildman–Crippen MR) is 114 cm³/mol. The van der Waals surface area contributed by atoms with E-state index in [9.17, 15) is 9.90 Å². The van der Waals surface area contributed by atoms with E-state index >= 15 is 0 Å². The number of carbonyl (C=O) groups is 1. The standard InChI is InChI=1S/C19H23NO2.C4H9NO/c1-13-19(17(12-21)20(13)2)15-10-8-14(9-11-15)16-6-4-5-7-18(16)22-3;1-4(2)5-3-6/h4-11,13,17,19,21H,12H2,1-3H3;3-4H,1-2H3,(H,5,6). The number of para-hydroxylation sites is 1. The summed E-state index contributed by atoms with van der Waals surface area (Å²) in [4.78, 5) is 11.7. The molecule has 152 valence electrons. The van der Waals surface area contributed by atoms with E-state index in [0.29, 0.717) is 18.4 Å². The summed E-state index contributed by atoms with van der Waals surface area (Å²) in [5, 5.41) is 12.1. The van der Waals surface area contributed by atoms with Crippen molar-refractivity contribution in [2.75, 3.05) is 20.8 Å². The Morgan fingerprint density at radius 1 is 1.18 bits per heavy atom. The summed E-state index contributed by atoms with van der Waals surface area (Å²) in [7, 11) is 3.77. The van der Waals surface area contributed by atoms with E-state index in [0.717, 1.165) is 16.9 Å². The van der Waals surface area contributed by atoms with Crippen LogP contribution in [0.2, 0.25) is 0 Å². The molecule has 2 aromatic rings. The van der Waals surface area contributed by atoms with Crippen LogP contribution in [-0.4, -0.2) is 55.3 Å². The Hall–Kier alpha value is -2.37. The van der Waals surface area contributed by atoms with Gasteiger partial charge < -0.3 is 15.2 Å². The number of aliphatic hydroxyl groups is 1. The number of nitrogens with one attached hydrogen (secondary N) is 1. The highest BCUT2D eigenvalue weighted by Crippen LogP contribution is 2.40. The zero-order chi connectivity index (χ0) is 20.7. The van der Waals surface area contributed by atoms with E-state index in [1.54, 1.807) is 7.11 Å². The van der Waals surface area contributed by atoms with Crippen LogP contribution in [0.15, 0.2) is 48.5 Å². The Labute approximate surface area is 168 Å². The smallest absolute Gasteiger partial charge is 0.207 e. The molecule has 1 heterocycles. The molecule has 0 saturated carbocycles. The highest BCUT2D eigenvalue weighted by atomic mass is 16.5. The first kappa shape index (κ1) is 21.9.